The van der Waals surface area contributed by atoms with E-state index in [2.05, 4.69) is 0 Å². The second-order valence-corrected chi connectivity index (χ2v) is 6.69. The molecule has 0 saturated heterocycles. The van der Waals surface area contributed by atoms with Gasteiger partial charge in [0.2, 0.25) is 0 Å². The third kappa shape index (κ3) is 5.22. The van der Waals surface area contributed by atoms with Crippen LogP contribution in [0.2, 0.25) is 0 Å². The third-order valence-electron chi connectivity index (χ3n) is 4.36. The van der Waals surface area contributed by atoms with Gasteiger partial charge in [0.05, 0.1) is 12.7 Å². The Hall–Kier alpha value is -2.62. The maximum absolute atomic E-state index is 12.1. The highest BCUT2D eigenvalue weighted by Crippen LogP contribution is 2.32. The summed E-state index contributed by atoms with van der Waals surface area (Å²) in [5.74, 6) is -2.52. The fraction of sp³-hybridized carbons (Fsp3) is 0.474. The van der Waals surface area contributed by atoms with E-state index < -0.39 is 48.7 Å². The van der Waals surface area contributed by atoms with Gasteiger partial charge in [0.25, 0.3) is 0 Å². The molecule has 4 atom stereocenters. The number of aliphatic hydroxyl groups excluding tert-OH is 2. The lowest BCUT2D eigenvalue weighted by atomic mass is 9.79. The Kier molecular flexibility index (Phi) is 7.00. The standard InChI is InChI=1S/C19H24O9/c1-2-7-27-18(25)19(26)9-14(22)17(24)15(10-19)28-16(23)6-4-11-3-5-12(20)13(21)8-11/h3-6,8,14-15,17,20-22,24,26H,2,7,9-10H2,1H3/t14-,15-,17-,19+/m1/s1. The number of benzene rings is 1. The Morgan fingerprint density at radius 1 is 1.21 bits per heavy atom. The van der Waals surface area contributed by atoms with Crippen molar-refractivity contribution < 1.29 is 44.6 Å². The number of carbonyl (C=O) groups excluding carboxylic acids is 2. The number of ether oxygens (including phenoxy) is 2. The maximum atomic E-state index is 12.1. The zero-order valence-electron chi connectivity index (χ0n) is 15.3. The molecule has 0 heterocycles. The quantitative estimate of drug-likeness (QED) is 0.258. The number of carbonyl (C=O) groups is 2. The highest BCUT2D eigenvalue weighted by Gasteiger charge is 2.51. The summed E-state index contributed by atoms with van der Waals surface area (Å²) >= 11 is 0. The van der Waals surface area contributed by atoms with Crippen LogP contribution < -0.4 is 0 Å². The van der Waals surface area contributed by atoms with Gasteiger partial charge in [-0.3, -0.25) is 0 Å². The summed E-state index contributed by atoms with van der Waals surface area (Å²) in [6, 6.07) is 3.91. The van der Waals surface area contributed by atoms with Gasteiger partial charge in [0, 0.05) is 18.9 Å². The van der Waals surface area contributed by atoms with Crippen molar-refractivity contribution in [1.82, 2.24) is 0 Å². The van der Waals surface area contributed by atoms with Gasteiger partial charge in [0.1, 0.15) is 12.2 Å². The predicted molar refractivity (Wildman–Crippen MR) is 96.1 cm³/mol. The van der Waals surface area contributed by atoms with Gasteiger partial charge in [-0.2, -0.15) is 0 Å². The van der Waals surface area contributed by atoms with Crippen LogP contribution in [0, 0.1) is 0 Å². The molecule has 1 saturated carbocycles. The van der Waals surface area contributed by atoms with Crippen molar-refractivity contribution in [2.45, 2.75) is 50.1 Å². The minimum atomic E-state index is -2.08. The highest BCUT2D eigenvalue weighted by molar-refractivity contribution is 5.87. The number of phenols is 2. The Morgan fingerprint density at radius 3 is 2.57 bits per heavy atom. The lowest BCUT2D eigenvalue weighted by Crippen LogP contribution is -2.57. The number of esters is 2. The zero-order chi connectivity index (χ0) is 20.9. The van der Waals surface area contributed by atoms with E-state index in [0.29, 0.717) is 12.0 Å². The van der Waals surface area contributed by atoms with Gasteiger partial charge in [0.15, 0.2) is 17.1 Å². The molecule has 9 heteroatoms. The molecule has 0 bridgehead atoms. The molecule has 1 aromatic carbocycles. The molecule has 1 aromatic rings. The van der Waals surface area contributed by atoms with E-state index in [-0.39, 0.29) is 18.1 Å². The van der Waals surface area contributed by atoms with Crippen molar-refractivity contribution in [1.29, 1.82) is 0 Å². The molecule has 0 radical (unpaired) electrons. The lowest BCUT2D eigenvalue weighted by molar-refractivity contribution is -0.199. The van der Waals surface area contributed by atoms with E-state index in [1.165, 1.54) is 24.3 Å². The largest absolute Gasteiger partial charge is 0.504 e. The molecule has 2 rings (SSSR count). The van der Waals surface area contributed by atoms with Gasteiger partial charge in [-0.15, -0.1) is 0 Å². The molecular formula is C19H24O9. The average molecular weight is 396 g/mol. The first kappa shape index (κ1) is 21.7. The first-order valence-corrected chi connectivity index (χ1v) is 8.82. The van der Waals surface area contributed by atoms with Gasteiger partial charge in [-0.1, -0.05) is 13.0 Å². The number of hydrogen-bond donors (Lipinski definition) is 5. The van der Waals surface area contributed by atoms with Gasteiger partial charge in [-0.25, -0.2) is 9.59 Å². The second-order valence-electron chi connectivity index (χ2n) is 6.69. The summed E-state index contributed by atoms with van der Waals surface area (Å²) in [5, 5.41) is 49.2. The molecule has 154 valence electrons. The summed E-state index contributed by atoms with van der Waals surface area (Å²) in [6.45, 7) is 1.87. The Morgan fingerprint density at radius 2 is 1.93 bits per heavy atom. The molecule has 0 spiro atoms. The van der Waals surface area contributed by atoms with Crippen LogP contribution in [0.4, 0.5) is 0 Å². The van der Waals surface area contributed by atoms with Crippen LogP contribution in [-0.2, 0) is 19.1 Å². The van der Waals surface area contributed by atoms with Crippen LogP contribution in [0.25, 0.3) is 6.08 Å². The molecule has 9 nitrogen and oxygen atoms in total. The summed E-state index contributed by atoms with van der Waals surface area (Å²) in [5.41, 5.74) is -1.68. The number of phenolic OH excluding ortho intramolecular Hbond substituents is 2. The van der Waals surface area contributed by atoms with Crippen LogP contribution in [-0.4, -0.2) is 68.0 Å². The molecule has 1 fully saturated rings. The highest BCUT2D eigenvalue weighted by atomic mass is 16.6. The fourth-order valence-electron chi connectivity index (χ4n) is 2.86. The van der Waals surface area contributed by atoms with Crippen molar-refractivity contribution in [2.24, 2.45) is 0 Å². The molecule has 28 heavy (non-hydrogen) atoms. The van der Waals surface area contributed by atoms with Crippen molar-refractivity contribution in [3.8, 4) is 11.5 Å². The molecule has 0 aliphatic heterocycles. The van der Waals surface area contributed by atoms with E-state index in [9.17, 15) is 35.1 Å². The normalized spacial score (nSPS) is 27.5. The van der Waals surface area contributed by atoms with Crippen molar-refractivity contribution in [3.05, 3.63) is 29.8 Å². The monoisotopic (exact) mass is 396 g/mol. The van der Waals surface area contributed by atoms with Gasteiger partial charge >= 0.3 is 11.9 Å². The number of rotatable bonds is 6. The molecule has 0 unspecified atom stereocenters. The lowest BCUT2D eigenvalue weighted by Gasteiger charge is -2.39. The van der Waals surface area contributed by atoms with Crippen molar-refractivity contribution >= 4 is 18.0 Å². The first-order valence-electron chi connectivity index (χ1n) is 8.82. The summed E-state index contributed by atoms with van der Waals surface area (Å²) in [7, 11) is 0. The van der Waals surface area contributed by atoms with Crippen molar-refractivity contribution in [3.63, 3.8) is 0 Å². The minimum Gasteiger partial charge on any atom is -0.504 e. The second kappa shape index (κ2) is 9.05. The zero-order valence-corrected chi connectivity index (χ0v) is 15.3. The summed E-state index contributed by atoms with van der Waals surface area (Å²) < 4.78 is 10.0. The van der Waals surface area contributed by atoms with E-state index in [0.717, 1.165) is 6.08 Å². The molecule has 0 amide bonds. The van der Waals surface area contributed by atoms with Crippen LogP contribution in [0.3, 0.4) is 0 Å². The van der Waals surface area contributed by atoms with Crippen molar-refractivity contribution in [2.75, 3.05) is 6.61 Å². The van der Waals surface area contributed by atoms with E-state index in [4.69, 9.17) is 9.47 Å². The summed E-state index contributed by atoms with van der Waals surface area (Å²) in [4.78, 5) is 24.1. The Labute approximate surface area is 161 Å². The van der Waals surface area contributed by atoms with Crippen LogP contribution in [0.5, 0.6) is 11.5 Å². The average Bonchev–Trinajstić information content (AvgIpc) is 2.64. The van der Waals surface area contributed by atoms with Crippen LogP contribution in [0.15, 0.2) is 24.3 Å². The van der Waals surface area contributed by atoms with Gasteiger partial charge < -0.3 is 35.0 Å². The van der Waals surface area contributed by atoms with E-state index in [1.807, 2.05) is 0 Å². The maximum Gasteiger partial charge on any atom is 0.338 e. The number of aliphatic hydroxyl groups is 3. The van der Waals surface area contributed by atoms with E-state index >= 15 is 0 Å². The number of aromatic hydroxyl groups is 2. The Bertz CT molecular complexity index is 745. The number of hydrogen-bond acceptors (Lipinski definition) is 9. The van der Waals surface area contributed by atoms with Gasteiger partial charge in [-0.05, 0) is 30.2 Å². The first-order chi connectivity index (χ1) is 13.2. The predicted octanol–water partition coefficient (Wildman–Crippen LogP) is 0.223. The third-order valence-corrected chi connectivity index (χ3v) is 4.36. The summed E-state index contributed by atoms with van der Waals surface area (Å²) in [6.07, 6.45) is -2.29. The molecular weight excluding hydrogens is 372 g/mol. The van der Waals surface area contributed by atoms with E-state index in [1.54, 1.807) is 6.92 Å². The Balaban J connectivity index is 2.05. The molecule has 1 aliphatic rings. The smallest absolute Gasteiger partial charge is 0.338 e. The van der Waals surface area contributed by atoms with Crippen LogP contribution in [0.1, 0.15) is 31.7 Å². The topological polar surface area (TPSA) is 154 Å². The molecule has 5 N–H and O–H groups in total. The minimum absolute atomic E-state index is 0.0897. The molecule has 1 aliphatic carbocycles. The molecule has 0 aromatic heterocycles. The van der Waals surface area contributed by atoms with Crippen LogP contribution >= 0.6 is 0 Å². The SMILES string of the molecule is CCCOC(=O)[C@]1(O)C[C@@H](O)[C@@H](O)[C@H](OC(=O)C=Cc2ccc(O)c(O)c2)C1. The fourth-order valence-corrected chi connectivity index (χ4v) is 2.86.